The van der Waals surface area contributed by atoms with Crippen LogP contribution in [-0.2, 0) is 0 Å². The fourth-order valence-electron chi connectivity index (χ4n) is 0.938. The Balaban J connectivity index is 2.51. The first kappa shape index (κ1) is 11.7. The lowest BCUT2D eigenvalue weighted by atomic mass is 10.2. The van der Waals surface area contributed by atoms with Crippen LogP contribution in [0.3, 0.4) is 0 Å². The summed E-state index contributed by atoms with van der Waals surface area (Å²) in [5.41, 5.74) is 6.16. The summed E-state index contributed by atoms with van der Waals surface area (Å²) in [4.78, 5) is 4.18. The summed E-state index contributed by atoms with van der Waals surface area (Å²) in [5.74, 6) is 1.77. The lowest BCUT2D eigenvalue weighted by Crippen LogP contribution is -1.92. The van der Waals surface area contributed by atoms with Crippen LogP contribution in [0.15, 0.2) is 17.3 Å². The summed E-state index contributed by atoms with van der Waals surface area (Å²) >= 11 is 7.67. The molecule has 0 saturated heterocycles. The molecule has 0 aliphatic carbocycles. The first-order valence-electron chi connectivity index (χ1n) is 4.63. The van der Waals surface area contributed by atoms with Crippen LogP contribution in [0.4, 0.5) is 5.69 Å². The molecule has 0 spiro atoms. The van der Waals surface area contributed by atoms with Gasteiger partial charge in [-0.3, -0.25) is 0 Å². The zero-order chi connectivity index (χ0) is 10.6. The van der Waals surface area contributed by atoms with Gasteiger partial charge in [-0.2, -0.15) is 0 Å². The average molecular weight is 231 g/mol. The van der Waals surface area contributed by atoms with Crippen molar-refractivity contribution in [2.45, 2.75) is 25.3 Å². The number of hydrogen-bond acceptors (Lipinski definition) is 3. The first-order valence-corrected chi connectivity index (χ1v) is 5.99. The topological polar surface area (TPSA) is 38.9 Å². The molecule has 0 unspecified atom stereocenters. The third-order valence-electron chi connectivity index (χ3n) is 1.76. The van der Waals surface area contributed by atoms with Gasteiger partial charge in [-0.15, -0.1) is 11.8 Å². The molecule has 0 aromatic carbocycles. The summed E-state index contributed by atoms with van der Waals surface area (Å²) in [7, 11) is 0. The van der Waals surface area contributed by atoms with E-state index < -0.39 is 0 Å². The van der Waals surface area contributed by atoms with Crippen molar-refractivity contribution in [3.63, 3.8) is 0 Å². The normalized spacial score (nSPS) is 10.9. The number of anilines is 1. The summed E-state index contributed by atoms with van der Waals surface area (Å²) in [6.07, 6.45) is 2.82. The Morgan fingerprint density at radius 2 is 2.29 bits per heavy atom. The van der Waals surface area contributed by atoms with Crippen molar-refractivity contribution in [1.82, 2.24) is 4.98 Å². The molecule has 1 rings (SSSR count). The number of hydrogen-bond donors (Lipinski definition) is 1. The number of thioether (sulfide) groups is 1. The smallest absolute Gasteiger partial charge is 0.115 e. The van der Waals surface area contributed by atoms with E-state index in [4.69, 9.17) is 17.3 Å². The maximum Gasteiger partial charge on any atom is 0.115 e. The van der Waals surface area contributed by atoms with Crippen molar-refractivity contribution in [3.8, 4) is 0 Å². The molecule has 0 aliphatic heterocycles. The summed E-state index contributed by atoms with van der Waals surface area (Å²) in [5, 5.41) is 1.53. The molecule has 14 heavy (non-hydrogen) atoms. The summed E-state index contributed by atoms with van der Waals surface area (Å²) in [6, 6.07) is 1.74. The molecule has 0 amide bonds. The monoisotopic (exact) mass is 230 g/mol. The summed E-state index contributed by atoms with van der Waals surface area (Å²) in [6.45, 7) is 4.41. The maximum atomic E-state index is 5.98. The molecule has 2 nitrogen and oxygen atoms in total. The van der Waals surface area contributed by atoms with Gasteiger partial charge < -0.3 is 5.73 Å². The maximum absolute atomic E-state index is 5.98. The van der Waals surface area contributed by atoms with Gasteiger partial charge in [-0.05, 0) is 24.2 Å². The van der Waals surface area contributed by atoms with Crippen LogP contribution in [0.25, 0.3) is 0 Å². The molecular weight excluding hydrogens is 216 g/mol. The highest BCUT2D eigenvalue weighted by atomic mass is 35.5. The van der Waals surface area contributed by atoms with Crippen molar-refractivity contribution >= 4 is 29.1 Å². The van der Waals surface area contributed by atoms with Gasteiger partial charge in [0.1, 0.15) is 5.03 Å². The third kappa shape index (κ3) is 3.76. The fourth-order valence-corrected chi connectivity index (χ4v) is 2.38. The van der Waals surface area contributed by atoms with Crippen LogP contribution in [0.2, 0.25) is 5.02 Å². The molecule has 0 bridgehead atoms. The number of rotatable bonds is 4. The Bertz CT molecular complexity index is 302. The molecule has 2 N–H and O–H groups in total. The SMILES string of the molecule is CC(C)CCSc1ncc(N)cc1Cl. The average Bonchev–Trinajstić information content (AvgIpc) is 2.08. The van der Waals surface area contributed by atoms with Gasteiger partial charge in [0.15, 0.2) is 0 Å². The molecule has 0 saturated carbocycles. The molecule has 0 fully saturated rings. The standard InChI is InChI=1S/C10H15ClN2S/c1-7(2)3-4-14-10-9(11)5-8(12)6-13-10/h5-7H,3-4,12H2,1-2H3. The Hall–Kier alpha value is -0.410. The number of nitrogens with two attached hydrogens (primary N) is 1. The van der Waals surface area contributed by atoms with E-state index in [9.17, 15) is 0 Å². The van der Waals surface area contributed by atoms with Gasteiger partial charge in [0.2, 0.25) is 0 Å². The lowest BCUT2D eigenvalue weighted by molar-refractivity contribution is 0.632. The van der Waals surface area contributed by atoms with Gasteiger partial charge in [-0.1, -0.05) is 25.4 Å². The molecule has 1 heterocycles. The molecule has 1 aromatic heterocycles. The molecule has 4 heteroatoms. The zero-order valence-corrected chi connectivity index (χ0v) is 10.0. The highest BCUT2D eigenvalue weighted by Crippen LogP contribution is 2.27. The van der Waals surface area contributed by atoms with Gasteiger partial charge in [0, 0.05) is 0 Å². The minimum absolute atomic E-state index is 0.614. The number of halogens is 1. The largest absolute Gasteiger partial charge is 0.397 e. The van der Waals surface area contributed by atoms with Crippen molar-refractivity contribution < 1.29 is 0 Å². The lowest BCUT2D eigenvalue weighted by Gasteiger charge is -2.05. The van der Waals surface area contributed by atoms with E-state index in [1.807, 2.05) is 0 Å². The summed E-state index contributed by atoms with van der Waals surface area (Å²) < 4.78 is 0. The number of aromatic nitrogens is 1. The molecular formula is C10H15ClN2S. The van der Waals surface area contributed by atoms with Gasteiger partial charge >= 0.3 is 0 Å². The molecule has 0 aliphatic rings. The first-order chi connectivity index (χ1) is 6.59. The second kappa shape index (κ2) is 5.47. The van der Waals surface area contributed by atoms with E-state index in [1.54, 1.807) is 24.0 Å². The van der Waals surface area contributed by atoms with E-state index in [2.05, 4.69) is 18.8 Å². The molecule has 78 valence electrons. The Labute approximate surface area is 94.2 Å². The number of pyridine rings is 1. The Morgan fingerprint density at radius 3 is 2.86 bits per heavy atom. The molecule has 1 aromatic rings. The minimum atomic E-state index is 0.614. The Morgan fingerprint density at radius 1 is 1.57 bits per heavy atom. The minimum Gasteiger partial charge on any atom is -0.397 e. The van der Waals surface area contributed by atoms with Crippen molar-refractivity contribution in [1.29, 1.82) is 0 Å². The van der Waals surface area contributed by atoms with E-state index in [-0.39, 0.29) is 0 Å². The van der Waals surface area contributed by atoms with E-state index in [0.29, 0.717) is 10.7 Å². The van der Waals surface area contributed by atoms with Crippen LogP contribution in [0.1, 0.15) is 20.3 Å². The molecule has 0 radical (unpaired) electrons. The van der Waals surface area contributed by atoms with Gasteiger partial charge in [0.05, 0.1) is 16.9 Å². The van der Waals surface area contributed by atoms with Crippen LogP contribution in [0, 0.1) is 5.92 Å². The third-order valence-corrected chi connectivity index (χ3v) is 3.20. The zero-order valence-electron chi connectivity index (χ0n) is 8.46. The van der Waals surface area contributed by atoms with E-state index in [0.717, 1.165) is 16.7 Å². The number of nitrogens with zero attached hydrogens (tertiary/aromatic N) is 1. The van der Waals surface area contributed by atoms with Crippen molar-refractivity contribution in [2.24, 2.45) is 5.92 Å². The van der Waals surface area contributed by atoms with Crippen molar-refractivity contribution in [2.75, 3.05) is 11.5 Å². The second-order valence-corrected chi connectivity index (χ2v) is 5.08. The van der Waals surface area contributed by atoms with Crippen LogP contribution in [0.5, 0.6) is 0 Å². The van der Waals surface area contributed by atoms with E-state index >= 15 is 0 Å². The molecule has 0 atom stereocenters. The predicted molar refractivity (Wildman–Crippen MR) is 63.8 cm³/mol. The second-order valence-electron chi connectivity index (χ2n) is 3.59. The van der Waals surface area contributed by atoms with Crippen LogP contribution < -0.4 is 5.73 Å². The van der Waals surface area contributed by atoms with Gasteiger partial charge in [-0.25, -0.2) is 4.98 Å². The fraction of sp³-hybridized carbons (Fsp3) is 0.500. The Kier molecular flexibility index (Phi) is 4.55. The predicted octanol–water partition coefficient (Wildman–Crippen LogP) is 3.46. The highest BCUT2D eigenvalue weighted by Gasteiger charge is 2.03. The van der Waals surface area contributed by atoms with Gasteiger partial charge in [0.25, 0.3) is 0 Å². The van der Waals surface area contributed by atoms with Crippen molar-refractivity contribution in [3.05, 3.63) is 17.3 Å². The quantitative estimate of drug-likeness (QED) is 0.806. The van der Waals surface area contributed by atoms with E-state index in [1.165, 1.54) is 6.42 Å². The number of nitrogen functional groups attached to an aromatic ring is 1. The van der Waals surface area contributed by atoms with Crippen LogP contribution in [-0.4, -0.2) is 10.7 Å². The highest BCUT2D eigenvalue weighted by molar-refractivity contribution is 7.99. The van der Waals surface area contributed by atoms with Crippen LogP contribution >= 0.6 is 23.4 Å².